The molecule has 60 heavy (non-hydrogen) atoms. The molecule has 13 nitrogen and oxygen atoms in total. The van der Waals surface area contributed by atoms with Gasteiger partial charge in [-0.25, -0.2) is 4.57 Å². The lowest BCUT2D eigenvalue weighted by atomic mass is 9.85. The molecule has 1 amide bonds. The van der Waals surface area contributed by atoms with E-state index in [4.69, 9.17) is 9.05 Å². The van der Waals surface area contributed by atoms with E-state index in [1.807, 2.05) is 6.92 Å². The van der Waals surface area contributed by atoms with Crippen LogP contribution in [0.1, 0.15) is 200 Å². The molecule has 9 N–H and O–H groups in total. The monoisotopic (exact) mass is 878 g/mol. The van der Waals surface area contributed by atoms with Crippen molar-refractivity contribution in [2.45, 2.75) is 255 Å². The maximum atomic E-state index is 12.8. The van der Waals surface area contributed by atoms with Gasteiger partial charge in [-0.3, -0.25) is 13.8 Å². The molecule has 1 aliphatic carbocycles. The highest BCUT2D eigenvalue weighted by Gasteiger charge is 2.51. The molecular weight excluding hydrogens is 789 g/mol. The van der Waals surface area contributed by atoms with Crippen molar-refractivity contribution < 1.29 is 59.0 Å². The van der Waals surface area contributed by atoms with Gasteiger partial charge < -0.3 is 46.0 Å². The molecule has 0 saturated heterocycles. The first-order chi connectivity index (χ1) is 28.8. The lowest BCUT2D eigenvalue weighted by Gasteiger charge is -2.41. The summed E-state index contributed by atoms with van der Waals surface area (Å²) >= 11 is 0. The third-order valence-electron chi connectivity index (χ3n) is 11.6. The minimum absolute atomic E-state index is 0.225. The molecule has 0 spiro atoms. The quantitative estimate of drug-likeness (QED) is 0.0163. The Kier molecular flexibility index (Phi) is 34.2. The second-order valence-electron chi connectivity index (χ2n) is 17.1. The molecule has 0 aromatic carbocycles. The van der Waals surface area contributed by atoms with Gasteiger partial charge in [-0.2, -0.15) is 0 Å². The number of aliphatic hydroxyl groups excluding tert-OH is 7. The maximum absolute atomic E-state index is 12.8. The van der Waals surface area contributed by atoms with Crippen LogP contribution in [0.5, 0.6) is 0 Å². The number of nitrogens with one attached hydrogen (secondary N) is 1. The van der Waals surface area contributed by atoms with E-state index < -0.39 is 75.2 Å². The number of carbonyl (C=O) groups is 1. The molecule has 8 atom stereocenters. The fourth-order valence-electron chi connectivity index (χ4n) is 7.63. The summed E-state index contributed by atoms with van der Waals surface area (Å²) in [5, 5.41) is 73.8. The van der Waals surface area contributed by atoms with Crippen LogP contribution in [0.15, 0.2) is 24.3 Å². The van der Waals surface area contributed by atoms with Gasteiger partial charge in [-0.15, -0.1) is 0 Å². The van der Waals surface area contributed by atoms with Crippen LogP contribution in [0, 0.1) is 0 Å². The zero-order chi connectivity index (χ0) is 44.4. The van der Waals surface area contributed by atoms with Gasteiger partial charge in [0.1, 0.15) is 36.6 Å². The van der Waals surface area contributed by atoms with E-state index in [0.29, 0.717) is 12.8 Å². The molecule has 1 rings (SSSR count). The van der Waals surface area contributed by atoms with Gasteiger partial charge in [0.15, 0.2) is 0 Å². The van der Waals surface area contributed by atoms with Crippen LogP contribution in [0.25, 0.3) is 0 Å². The lowest BCUT2D eigenvalue weighted by Crippen LogP contribution is -2.64. The highest BCUT2D eigenvalue weighted by molar-refractivity contribution is 7.47. The van der Waals surface area contributed by atoms with Gasteiger partial charge in [0, 0.05) is 0 Å². The summed E-state index contributed by atoms with van der Waals surface area (Å²) in [4.78, 5) is 23.1. The van der Waals surface area contributed by atoms with E-state index in [2.05, 4.69) is 36.5 Å². The van der Waals surface area contributed by atoms with Crippen LogP contribution in [-0.4, -0.2) is 108 Å². The van der Waals surface area contributed by atoms with Crippen molar-refractivity contribution in [2.24, 2.45) is 0 Å². The number of hydrogen-bond donors (Lipinski definition) is 9. The largest absolute Gasteiger partial charge is 0.472 e. The summed E-state index contributed by atoms with van der Waals surface area (Å²) in [6.45, 7) is 3.57. The Balaban J connectivity index is 2.17. The Labute approximate surface area is 363 Å². The third-order valence-corrected chi connectivity index (χ3v) is 12.6. The molecule has 0 bridgehead atoms. The average molecular weight is 878 g/mol. The molecule has 0 radical (unpaired) electrons. The molecular formula is C46H88NO12P. The Morgan fingerprint density at radius 2 is 0.983 bits per heavy atom. The molecule has 354 valence electrons. The molecule has 0 aliphatic heterocycles. The Morgan fingerprint density at radius 1 is 0.583 bits per heavy atom. The first-order valence-electron chi connectivity index (χ1n) is 23.9. The Morgan fingerprint density at radius 3 is 1.47 bits per heavy atom. The van der Waals surface area contributed by atoms with Crippen molar-refractivity contribution in [3.8, 4) is 0 Å². The SMILES string of the molecule is CCCCCCCCCCC/C=C\C/C=C\CCCCCCCCCCCCCC(O)CC(=O)NC(COP(=O)(O)OC1C(O)C(O)C(O)C(O)C1O)C(O)CCCCC. The van der Waals surface area contributed by atoms with E-state index in [1.54, 1.807) is 0 Å². The topological polar surface area (TPSA) is 226 Å². The van der Waals surface area contributed by atoms with E-state index in [9.17, 15) is 50.0 Å². The van der Waals surface area contributed by atoms with Crippen molar-refractivity contribution in [1.29, 1.82) is 0 Å². The molecule has 1 saturated carbocycles. The predicted octanol–water partition coefficient (Wildman–Crippen LogP) is 7.98. The third kappa shape index (κ3) is 27.8. The standard InChI is InChI=1S/C46H88NO12P/c1-3-5-7-8-9-10-11-12-13-14-15-16-17-18-19-20-21-22-23-24-25-26-27-28-29-30-32-33-37(48)35-40(50)47-38(39(49)34-31-6-4-2)36-58-60(56,57)59-46-44(54)42(52)41(51)43(53)45(46)55/h15-16,18-19,37-39,41-46,48-49,51-55H,3-14,17,20-36H2,1-2H3,(H,47,50)(H,56,57)/b16-15-,19-18-. The number of carbonyl (C=O) groups excluding carboxylic acids is 1. The summed E-state index contributed by atoms with van der Waals surface area (Å²) in [7, 11) is -5.09. The van der Waals surface area contributed by atoms with E-state index in [-0.39, 0.29) is 12.8 Å². The van der Waals surface area contributed by atoms with Gasteiger partial charge >= 0.3 is 7.82 Å². The van der Waals surface area contributed by atoms with Crippen molar-refractivity contribution >= 4 is 13.7 Å². The van der Waals surface area contributed by atoms with Gasteiger partial charge in [0.05, 0.1) is 31.3 Å². The molecule has 0 heterocycles. The highest BCUT2D eigenvalue weighted by atomic mass is 31.2. The number of amides is 1. The zero-order valence-electron chi connectivity index (χ0n) is 37.4. The average Bonchev–Trinajstić information content (AvgIpc) is 3.22. The summed E-state index contributed by atoms with van der Waals surface area (Å²) in [5.41, 5.74) is 0. The van der Waals surface area contributed by atoms with Gasteiger partial charge in [0.25, 0.3) is 0 Å². The van der Waals surface area contributed by atoms with E-state index >= 15 is 0 Å². The zero-order valence-corrected chi connectivity index (χ0v) is 38.3. The van der Waals surface area contributed by atoms with Crippen molar-refractivity contribution in [3.63, 3.8) is 0 Å². The molecule has 1 fully saturated rings. The first-order valence-corrected chi connectivity index (χ1v) is 25.4. The Bertz CT molecular complexity index is 1130. The number of unbranched alkanes of at least 4 members (excludes halogenated alkanes) is 22. The summed E-state index contributed by atoms with van der Waals surface area (Å²) in [6.07, 6.45) is 26.7. The van der Waals surface area contributed by atoms with Gasteiger partial charge in [-0.05, 0) is 44.9 Å². The second kappa shape index (κ2) is 36.2. The smallest absolute Gasteiger partial charge is 0.393 e. The number of aliphatic hydroxyl groups is 7. The number of allylic oxidation sites excluding steroid dienone is 4. The minimum Gasteiger partial charge on any atom is -0.393 e. The van der Waals surface area contributed by atoms with Crippen LogP contribution >= 0.6 is 7.82 Å². The van der Waals surface area contributed by atoms with Crippen molar-refractivity contribution in [3.05, 3.63) is 24.3 Å². The predicted molar refractivity (Wildman–Crippen MR) is 238 cm³/mol. The maximum Gasteiger partial charge on any atom is 0.472 e. The van der Waals surface area contributed by atoms with Crippen LogP contribution < -0.4 is 5.32 Å². The fourth-order valence-corrected chi connectivity index (χ4v) is 8.60. The number of phosphoric ester groups is 1. The summed E-state index contributed by atoms with van der Waals surface area (Å²) < 4.78 is 22.6. The molecule has 14 heteroatoms. The van der Waals surface area contributed by atoms with Crippen molar-refractivity contribution in [1.82, 2.24) is 5.32 Å². The first kappa shape index (κ1) is 56.8. The number of phosphoric acid groups is 1. The second-order valence-corrected chi connectivity index (χ2v) is 18.6. The van der Waals surface area contributed by atoms with Crippen molar-refractivity contribution in [2.75, 3.05) is 6.61 Å². The van der Waals surface area contributed by atoms with Gasteiger partial charge in [-0.1, -0.05) is 173 Å². The molecule has 0 aromatic heterocycles. The van der Waals surface area contributed by atoms with Crippen LogP contribution in [0.3, 0.4) is 0 Å². The van der Waals surface area contributed by atoms with E-state index in [0.717, 1.165) is 44.9 Å². The van der Waals surface area contributed by atoms with Crippen LogP contribution in [0.4, 0.5) is 0 Å². The molecule has 8 unspecified atom stereocenters. The van der Waals surface area contributed by atoms with Gasteiger partial charge in [0.2, 0.25) is 5.91 Å². The number of rotatable bonds is 39. The lowest BCUT2D eigenvalue weighted by molar-refractivity contribution is -0.220. The summed E-state index contributed by atoms with van der Waals surface area (Å²) in [5.74, 6) is -0.573. The Hall–Kier alpha value is -1.22. The fraction of sp³-hybridized carbons (Fsp3) is 0.891. The molecule has 0 aromatic rings. The molecule has 1 aliphatic rings. The van der Waals surface area contributed by atoms with Crippen LogP contribution in [0.2, 0.25) is 0 Å². The highest BCUT2D eigenvalue weighted by Crippen LogP contribution is 2.47. The minimum atomic E-state index is -5.09. The van der Waals surface area contributed by atoms with E-state index in [1.165, 1.54) is 116 Å². The number of hydrogen-bond acceptors (Lipinski definition) is 11. The van der Waals surface area contributed by atoms with Crippen LogP contribution in [-0.2, 0) is 18.4 Å². The summed E-state index contributed by atoms with van der Waals surface area (Å²) in [6, 6.07) is -1.15. The normalized spacial score (nSPS) is 23.6.